The molecule has 7 heteroatoms. The van der Waals surface area contributed by atoms with Crippen molar-refractivity contribution >= 4 is 34.1 Å². The number of rotatable bonds is 6. The molecule has 4 atom stereocenters. The summed E-state index contributed by atoms with van der Waals surface area (Å²) in [5.41, 5.74) is 0. The van der Waals surface area contributed by atoms with Crippen LogP contribution in [0, 0.1) is 11.8 Å². The molecular weight excluding hydrogens is 316 g/mol. The first-order chi connectivity index (χ1) is 10.5. The number of amides is 1. The van der Waals surface area contributed by atoms with Crippen molar-refractivity contribution in [3.05, 3.63) is 0 Å². The number of carbonyl (C=O) groups is 1. The minimum Gasteiger partial charge on any atom is -0.360 e. The zero-order valence-corrected chi connectivity index (χ0v) is 15.4. The Bertz CT molecular complexity index is 494. The summed E-state index contributed by atoms with van der Waals surface area (Å²) in [5, 5.41) is 15.2. The molecule has 2 N–H and O–H groups in total. The summed E-state index contributed by atoms with van der Waals surface area (Å²) in [6.45, 7) is 9.32. The smallest absolute Gasteiger partial charge is 0.233 e. The summed E-state index contributed by atoms with van der Waals surface area (Å²) < 4.78 is 0.837. The lowest BCUT2D eigenvalue weighted by Gasteiger charge is -2.35. The van der Waals surface area contributed by atoms with Gasteiger partial charge in [-0.25, -0.2) is 0 Å². The lowest BCUT2D eigenvalue weighted by molar-refractivity contribution is -0.121. The van der Waals surface area contributed by atoms with Gasteiger partial charge >= 0.3 is 0 Å². The number of nitrogens with one attached hydrogen (secondary N) is 2. The number of nitrogens with zero attached hydrogens (tertiary/aromatic N) is 2. The fraction of sp³-hybridized carbons (Fsp3) is 0.800. The predicted molar refractivity (Wildman–Crippen MR) is 93.5 cm³/mol. The Balaban J connectivity index is 1.85. The van der Waals surface area contributed by atoms with Crippen molar-refractivity contribution in [2.24, 2.45) is 11.8 Å². The quantitative estimate of drug-likeness (QED) is 0.776. The molecule has 0 aromatic carbocycles. The van der Waals surface area contributed by atoms with Crippen LogP contribution in [0.2, 0.25) is 0 Å². The second kappa shape index (κ2) is 8.15. The molecular formula is C15H26N4OS2. The van der Waals surface area contributed by atoms with Gasteiger partial charge in [0.05, 0.1) is 5.25 Å². The molecule has 1 aliphatic carbocycles. The van der Waals surface area contributed by atoms with Crippen LogP contribution in [-0.4, -0.2) is 33.9 Å². The summed E-state index contributed by atoms with van der Waals surface area (Å²) in [4.78, 5) is 12.4. The molecule has 5 nitrogen and oxygen atoms in total. The monoisotopic (exact) mass is 342 g/mol. The van der Waals surface area contributed by atoms with E-state index < -0.39 is 0 Å². The van der Waals surface area contributed by atoms with Crippen molar-refractivity contribution in [3.8, 4) is 0 Å². The van der Waals surface area contributed by atoms with Gasteiger partial charge in [-0.2, -0.15) is 0 Å². The fourth-order valence-electron chi connectivity index (χ4n) is 2.77. The van der Waals surface area contributed by atoms with Crippen LogP contribution in [0.15, 0.2) is 4.34 Å². The molecule has 0 bridgehead atoms. The molecule has 1 fully saturated rings. The van der Waals surface area contributed by atoms with Crippen LogP contribution in [0.5, 0.6) is 0 Å². The SMILES string of the molecule is CCNc1nnc(S[C@@H](C)C(=O)N[C@@H]2CCC[C@@H](C)[C@@H]2C)s1. The number of thioether (sulfide) groups is 1. The van der Waals surface area contributed by atoms with Crippen LogP contribution in [0.25, 0.3) is 0 Å². The Morgan fingerprint density at radius 1 is 1.41 bits per heavy atom. The van der Waals surface area contributed by atoms with Gasteiger partial charge in [-0.3, -0.25) is 4.79 Å². The first kappa shape index (κ1) is 17.5. The average molecular weight is 343 g/mol. The van der Waals surface area contributed by atoms with E-state index in [0.717, 1.165) is 22.4 Å². The highest BCUT2D eigenvalue weighted by Crippen LogP contribution is 2.31. The maximum Gasteiger partial charge on any atom is 0.233 e. The summed E-state index contributed by atoms with van der Waals surface area (Å²) in [7, 11) is 0. The molecule has 1 aliphatic rings. The zero-order chi connectivity index (χ0) is 16.1. The molecule has 1 saturated carbocycles. The average Bonchev–Trinajstić information content (AvgIpc) is 2.91. The van der Waals surface area contributed by atoms with E-state index in [0.29, 0.717) is 17.9 Å². The Labute approximate surface area is 141 Å². The lowest BCUT2D eigenvalue weighted by atomic mass is 9.78. The minimum atomic E-state index is -0.146. The second-order valence-electron chi connectivity index (χ2n) is 6.05. The van der Waals surface area contributed by atoms with Gasteiger partial charge in [-0.05, 0) is 32.1 Å². The van der Waals surface area contributed by atoms with Crippen molar-refractivity contribution in [1.29, 1.82) is 0 Å². The van der Waals surface area contributed by atoms with Crippen molar-refractivity contribution < 1.29 is 4.79 Å². The standard InChI is InChI=1S/C15H26N4OS2/c1-5-16-14-18-19-15(22-14)21-11(4)13(20)17-12-8-6-7-9(2)10(12)3/h9-12H,5-8H2,1-4H3,(H,16,18)(H,17,20)/t9-,10+,11+,12-/m1/s1. The van der Waals surface area contributed by atoms with Gasteiger partial charge in [0.2, 0.25) is 11.0 Å². The molecule has 1 aromatic rings. The van der Waals surface area contributed by atoms with Crippen LogP contribution in [0.1, 0.15) is 47.0 Å². The van der Waals surface area contributed by atoms with E-state index in [1.807, 2.05) is 13.8 Å². The second-order valence-corrected chi connectivity index (χ2v) is 8.61. The van der Waals surface area contributed by atoms with E-state index in [-0.39, 0.29) is 11.2 Å². The summed E-state index contributed by atoms with van der Waals surface area (Å²) in [5.74, 6) is 1.35. The van der Waals surface area contributed by atoms with E-state index in [1.165, 1.54) is 35.9 Å². The molecule has 1 amide bonds. The predicted octanol–water partition coefficient (Wildman–Crippen LogP) is 3.39. The van der Waals surface area contributed by atoms with E-state index in [9.17, 15) is 4.79 Å². The van der Waals surface area contributed by atoms with Crippen LogP contribution in [0.4, 0.5) is 5.13 Å². The molecule has 0 unspecified atom stereocenters. The number of aromatic nitrogens is 2. The Morgan fingerprint density at radius 3 is 2.91 bits per heavy atom. The minimum absolute atomic E-state index is 0.108. The van der Waals surface area contributed by atoms with Gasteiger partial charge in [-0.1, -0.05) is 49.8 Å². The van der Waals surface area contributed by atoms with Crippen molar-refractivity contribution in [2.75, 3.05) is 11.9 Å². The summed E-state index contributed by atoms with van der Waals surface area (Å²) in [6.07, 6.45) is 3.58. The van der Waals surface area contributed by atoms with Gasteiger partial charge in [0.1, 0.15) is 0 Å². The molecule has 0 saturated heterocycles. The summed E-state index contributed by atoms with van der Waals surface area (Å²) in [6, 6.07) is 0.311. The fourth-order valence-corrected chi connectivity index (χ4v) is 4.74. The number of hydrogen-bond acceptors (Lipinski definition) is 6. The van der Waals surface area contributed by atoms with E-state index >= 15 is 0 Å². The topological polar surface area (TPSA) is 66.9 Å². The zero-order valence-electron chi connectivity index (χ0n) is 13.8. The van der Waals surface area contributed by atoms with Gasteiger partial charge in [-0.15, -0.1) is 10.2 Å². The molecule has 124 valence electrons. The Morgan fingerprint density at radius 2 is 2.18 bits per heavy atom. The maximum atomic E-state index is 12.4. The number of anilines is 1. The van der Waals surface area contributed by atoms with E-state index in [1.54, 1.807) is 0 Å². The third-order valence-electron chi connectivity index (χ3n) is 4.42. The van der Waals surface area contributed by atoms with Crippen LogP contribution < -0.4 is 10.6 Å². The number of carbonyl (C=O) groups excluding carboxylic acids is 1. The van der Waals surface area contributed by atoms with Gasteiger partial charge in [0.15, 0.2) is 4.34 Å². The lowest BCUT2D eigenvalue weighted by Crippen LogP contribution is -2.46. The molecule has 0 aliphatic heterocycles. The first-order valence-corrected chi connectivity index (χ1v) is 9.75. The van der Waals surface area contributed by atoms with Crippen LogP contribution in [-0.2, 0) is 4.79 Å². The van der Waals surface area contributed by atoms with Gasteiger partial charge in [0, 0.05) is 12.6 Å². The largest absolute Gasteiger partial charge is 0.360 e. The van der Waals surface area contributed by atoms with E-state index in [4.69, 9.17) is 0 Å². The highest BCUT2D eigenvalue weighted by atomic mass is 32.2. The summed E-state index contributed by atoms with van der Waals surface area (Å²) >= 11 is 2.98. The van der Waals surface area contributed by atoms with Crippen molar-refractivity contribution in [2.45, 2.75) is 62.6 Å². The van der Waals surface area contributed by atoms with Crippen molar-refractivity contribution in [3.63, 3.8) is 0 Å². The van der Waals surface area contributed by atoms with Crippen LogP contribution >= 0.6 is 23.1 Å². The molecule has 22 heavy (non-hydrogen) atoms. The third kappa shape index (κ3) is 4.59. The molecule has 2 rings (SSSR count). The van der Waals surface area contributed by atoms with Crippen LogP contribution in [0.3, 0.4) is 0 Å². The van der Waals surface area contributed by atoms with Crippen molar-refractivity contribution in [1.82, 2.24) is 15.5 Å². The van der Waals surface area contributed by atoms with Gasteiger partial charge in [0.25, 0.3) is 0 Å². The molecule has 1 aromatic heterocycles. The Hall–Kier alpha value is -0.820. The van der Waals surface area contributed by atoms with E-state index in [2.05, 4.69) is 34.7 Å². The molecule has 1 heterocycles. The maximum absolute atomic E-state index is 12.4. The molecule has 0 spiro atoms. The highest BCUT2D eigenvalue weighted by molar-refractivity contribution is 8.02. The molecule has 0 radical (unpaired) electrons. The Kier molecular flexibility index (Phi) is 6.50. The first-order valence-electron chi connectivity index (χ1n) is 8.05. The highest BCUT2D eigenvalue weighted by Gasteiger charge is 2.29. The normalized spacial score (nSPS) is 26.5. The number of hydrogen-bond donors (Lipinski definition) is 2. The third-order valence-corrected chi connectivity index (χ3v) is 6.48. The van der Waals surface area contributed by atoms with Gasteiger partial charge < -0.3 is 10.6 Å².